The summed E-state index contributed by atoms with van der Waals surface area (Å²) in [5.41, 5.74) is 5.42. The molecule has 0 saturated carbocycles. The minimum atomic E-state index is -0.596. The first-order valence-corrected chi connectivity index (χ1v) is 9.14. The van der Waals surface area contributed by atoms with Crippen LogP contribution < -0.4 is 5.50 Å². The van der Waals surface area contributed by atoms with Crippen LogP contribution in [0.25, 0.3) is 0 Å². The van der Waals surface area contributed by atoms with Gasteiger partial charge < -0.3 is 0 Å². The molecule has 2 N–H and O–H groups in total. The Morgan fingerprint density at radius 2 is 2.38 bits per heavy atom. The van der Waals surface area contributed by atoms with Gasteiger partial charge >= 0.3 is 55.1 Å². The third kappa shape index (κ3) is 5.68. The molecule has 0 aromatic heterocycles. The maximum atomic E-state index is 5.42. The molecule has 0 aliphatic heterocycles. The molecule has 0 rings (SSSR count). The molecular formula is CH6NOP5. The number of nitrogens with two attached hydrogens (primary N) is 1. The molecule has 0 aliphatic rings. The van der Waals surface area contributed by atoms with Crippen molar-refractivity contribution in [2.24, 2.45) is 5.50 Å². The molecule has 2 unspecified atom stereocenters. The zero-order chi connectivity index (χ0) is 6.57. The van der Waals surface area contributed by atoms with Gasteiger partial charge in [-0.1, -0.05) is 0 Å². The van der Waals surface area contributed by atoms with Crippen LogP contribution in [0, 0.1) is 0 Å². The van der Waals surface area contributed by atoms with E-state index in [9.17, 15) is 0 Å². The monoisotopic (exact) mass is 203 g/mol. The Hall–Kier alpha value is 1.55. The van der Waals surface area contributed by atoms with E-state index >= 15 is 0 Å². The second kappa shape index (κ2) is 5.34. The van der Waals surface area contributed by atoms with E-state index in [1.54, 1.807) is 7.11 Å². The zero-order valence-corrected chi connectivity index (χ0v) is 8.85. The Kier molecular flexibility index (Phi) is 6.38. The summed E-state index contributed by atoms with van der Waals surface area (Å²) in [5, 5.41) is 0. The fourth-order valence-electron chi connectivity index (χ4n) is 0.119. The van der Waals surface area contributed by atoms with Gasteiger partial charge in [0.25, 0.3) is 0 Å². The van der Waals surface area contributed by atoms with Crippen molar-refractivity contribution in [3.8, 4) is 0 Å². The van der Waals surface area contributed by atoms with Gasteiger partial charge in [0.2, 0.25) is 0 Å². The normalized spacial score (nSPS) is 13.6. The van der Waals surface area contributed by atoms with E-state index in [-0.39, 0.29) is 0 Å². The molecule has 0 amide bonds. The van der Waals surface area contributed by atoms with Crippen molar-refractivity contribution < 1.29 is 4.52 Å². The second-order valence-corrected chi connectivity index (χ2v) is 11.7. The first-order chi connectivity index (χ1) is 3.66. The molecule has 0 fully saturated rings. The van der Waals surface area contributed by atoms with Gasteiger partial charge in [0.1, 0.15) is 0 Å². The molecule has 2 atom stereocenters. The van der Waals surface area contributed by atoms with Gasteiger partial charge in [0.05, 0.1) is 0 Å². The van der Waals surface area contributed by atoms with Gasteiger partial charge in [0, 0.05) is 0 Å². The quantitative estimate of drug-likeness (QED) is 0.610. The molecule has 0 aliphatic carbocycles. The van der Waals surface area contributed by atoms with Crippen molar-refractivity contribution in [3.63, 3.8) is 0 Å². The molecule has 8 heavy (non-hydrogen) atoms. The van der Waals surface area contributed by atoms with Crippen LogP contribution in [0.3, 0.4) is 0 Å². The van der Waals surface area contributed by atoms with Crippen LogP contribution in [0.2, 0.25) is 0 Å². The SMILES string of the molecule is COP(#P)P=P(N)=P. The molecule has 0 aromatic rings. The van der Waals surface area contributed by atoms with E-state index in [0.717, 1.165) is 7.56 Å². The molecule has 0 aromatic carbocycles. The van der Waals surface area contributed by atoms with Gasteiger partial charge in [-0.05, 0) is 0 Å². The molecule has 0 radical (unpaired) electrons. The number of hydrogen-bond donors (Lipinski definition) is 1. The number of rotatable bonds is 0. The van der Waals surface area contributed by atoms with Crippen molar-refractivity contribution >= 4 is 38.0 Å². The Morgan fingerprint density at radius 1 is 1.88 bits per heavy atom. The Balaban J connectivity index is 3.98. The van der Waals surface area contributed by atoms with Crippen LogP contribution in [0.15, 0.2) is 0 Å². The van der Waals surface area contributed by atoms with E-state index in [0.29, 0.717) is 0 Å². The van der Waals surface area contributed by atoms with Crippen molar-refractivity contribution in [2.75, 3.05) is 7.11 Å². The Morgan fingerprint density at radius 3 is 2.50 bits per heavy atom. The summed E-state index contributed by atoms with van der Waals surface area (Å²) in [6.07, 6.45) is 0. The fraction of sp³-hybridized carbons (Fsp3) is 1.00. The van der Waals surface area contributed by atoms with Gasteiger partial charge in [-0.25, -0.2) is 0 Å². The molecular weight excluding hydrogens is 197 g/mol. The topological polar surface area (TPSA) is 35.2 Å². The van der Waals surface area contributed by atoms with E-state index in [1.165, 1.54) is 0 Å². The average Bonchev–Trinajstić information content (AvgIpc) is 1.65. The van der Waals surface area contributed by atoms with E-state index in [1.807, 2.05) is 0 Å². The third-order valence-electron chi connectivity index (χ3n) is 0.336. The van der Waals surface area contributed by atoms with Gasteiger partial charge in [0.15, 0.2) is 0 Å². The average molecular weight is 203 g/mol. The van der Waals surface area contributed by atoms with Gasteiger partial charge in [-0.15, -0.1) is 0 Å². The summed E-state index contributed by atoms with van der Waals surface area (Å²) < 4.78 is 4.88. The van der Waals surface area contributed by atoms with Crippen molar-refractivity contribution in [1.82, 2.24) is 0 Å². The molecule has 46 valence electrons. The zero-order valence-electron chi connectivity index (χ0n) is 4.27. The third-order valence-corrected chi connectivity index (χ3v) is 10.7. The minimum absolute atomic E-state index is 0.541. The predicted octanol–water partition coefficient (Wildman–Crippen LogP) is 3.54. The van der Waals surface area contributed by atoms with Gasteiger partial charge in [-0.2, -0.15) is 0 Å². The summed E-state index contributed by atoms with van der Waals surface area (Å²) >= 11 is 0. The summed E-state index contributed by atoms with van der Waals surface area (Å²) in [6, 6.07) is 0. The first kappa shape index (κ1) is 9.55. The van der Waals surface area contributed by atoms with E-state index < -0.39 is 13.6 Å². The van der Waals surface area contributed by atoms with Crippen LogP contribution >= 0.6 is 38.0 Å². The van der Waals surface area contributed by atoms with E-state index in [2.05, 4.69) is 16.9 Å². The predicted molar refractivity (Wildman–Crippen MR) is 47.2 cm³/mol. The Labute approximate surface area is 55.7 Å². The molecule has 2 nitrogen and oxygen atoms in total. The summed E-state index contributed by atoms with van der Waals surface area (Å²) in [5.74, 6) is 0. The van der Waals surface area contributed by atoms with Crippen LogP contribution in [0.4, 0.5) is 0 Å². The molecule has 0 saturated heterocycles. The van der Waals surface area contributed by atoms with Crippen LogP contribution in [-0.2, 0) is 4.52 Å². The standard InChI is InChI=1S/CH6NOP5/c1-3-8(5)6-7(2)4/h4H,2H2,1H3. The summed E-state index contributed by atoms with van der Waals surface area (Å²) in [6.45, 7) is -1.14. The Bertz CT molecular complexity index is 192. The maximum absolute atomic E-state index is 5.42. The molecule has 0 bridgehead atoms. The van der Waals surface area contributed by atoms with Crippen LogP contribution in [0.1, 0.15) is 0 Å². The fourth-order valence-corrected chi connectivity index (χ4v) is 9.76. The molecule has 7 heteroatoms. The summed E-state index contributed by atoms with van der Waals surface area (Å²) in [4.78, 5) is 0. The van der Waals surface area contributed by atoms with Crippen LogP contribution in [0.5, 0.6) is 0 Å². The first-order valence-electron chi connectivity index (χ1n) is 1.67. The van der Waals surface area contributed by atoms with Crippen molar-refractivity contribution in [3.05, 3.63) is 0 Å². The summed E-state index contributed by atoms with van der Waals surface area (Å²) in [7, 11) is 10.1. The van der Waals surface area contributed by atoms with Gasteiger partial charge in [-0.3, -0.25) is 0 Å². The molecule has 0 spiro atoms. The van der Waals surface area contributed by atoms with Crippen molar-refractivity contribution in [1.29, 1.82) is 0 Å². The van der Waals surface area contributed by atoms with Crippen molar-refractivity contribution in [2.45, 2.75) is 0 Å². The molecule has 0 heterocycles. The second-order valence-electron chi connectivity index (χ2n) is 0.869. The van der Waals surface area contributed by atoms with Crippen LogP contribution in [-0.4, -0.2) is 7.11 Å². The van der Waals surface area contributed by atoms with E-state index in [4.69, 9.17) is 10.0 Å². The number of hydrogen-bond acceptors (Lipinski definition) is 1.